The zero-order valence-corrected chi connectivity index (χ0v) is 6.75. The van der Waals surface area contributed by atoms with Crippen LogP contribution in [0.15, 0.2) is 12.7 Å². The Hall–Kier alpha value is -0.340. The average Bonchev–Trinajstić information content (AvgIpc) is 1.87. The van der Waals surface area contributed by atoms with E-state index < -0.39 is 6.10 Å². The molecule has 0 aromatic heterocycles. The molecule has 0 radical (unpaired) electrons. The smallest absolute Gasteiger partial charge is 0.0716 e. The molecular formula is C8H17NO. The minimum atomic E-state index is -0.405. The molecule has 2 nitrogen and oxygen atoms in total. The zero-order valence-electron chi connectivity index (χ0n) is 6.75. The van der Waals surface area contributed by atoms with Gasteiger partial charge in [-0.25, -0.2) is 0 Å². The predicted octanol–water partition coefficient (Wildman–Crippen LogP) is 0.907. The van der Waals surface area contributed by atoms with E-state index in [4.69, 9.17) is 5.73 Å². The normalized spacial score (nSPS) is 16.9. The Morgan fingerprint density at radius 3 is 2.40 bits per heavy atom. The van der Waals surface area contributed by atoms with Crippen molar-refractivity contribution in [1.29, 1.82) is 0 Å². The Morgan fingerprint density at radius 2 is 2.10 bits per heavy atom. The van der Waals surface area contributed by atoms with Gasteiger partial charge in [-0.3, -0.25) is 0 Å². The molecular weight excluding hydrogens is 126 g/mol. The van der Waals surface area contributed by atoms with E-state index in [0.717, 1.165) is 0 Å². The fourth-order valence-corrected chi connectivity index (χ4v) is 0.826. The van der Waals surface area contributed by atoms with Crippen molar-refractivity contribution >= 4 is 0 Å². The van der Waals surface area contributed by atoms with Gasteiger partial charge in [0.15, 0.2) is 0 Å². The van der Waals surface area contributed by atoms with Gasteiger partial charge in [0.25, 0.3) is 0 Å². The van der Waals surface area contributed by atoms with Crippen LogP contribution in [0.1, 0.15) is 20.3 Å². The molecule has 0 bridgehead atoms. The number of aliphatic hydroxyl groups is 1. The van der Waals surface area contributed by atoms with Gasteiger partial charge in [-0.15, -0.1) is 6.58 Å². The Balaban J connectivity index is 3.68. The molecule has 0 unspecified atom stereocenters. The summed E-state index contributed by atoms with van der Waals surface area (Å²) in [5, 5.41) is 9.35. The fourth-order valence-electron chi connectivity index (χ4n) is 0.826. The van der Waals surface area contributed by atoms with E-state index in [1.54, 1.807) is 6.08 Å². The van der Waals surface area contributed by atoms with E-state index in [0.29, 0.717) is 6.42 Å². The number of hydrogen-bond donors (Lipinski definition) is 2. The summed E-state index contributed by atoms with van der Waals surface area (Å²) >= 11 is 0. The lowest BCUT2D eigenvalue weighted by Gasteiger charge is -2.20. The summed E-state index contributed by atoms with van der Waals surface area (Å²) in [5.74, 6) is 0.231. The first-order chi connectivity index (χ1) is 4.59. The highest BCUT2D eigenvalue weighted by molar-refractivity contribution is 4.81. The quantitative estimate of drug-likeness (QED) is 0.574. The number of rotatable bonds is 4. The molecule has 0 aliphatic heterocycles. The van der Waals surface area contributed by atoms with E-state index in [9.17, 15) is 5.11 Å². The molecule has 2 heteroatoms. The monoisotopic (exact) mass is 143 g/mol. The molecule has 0 saturated carbocycles. The molecule has 0 heterocycles. The van der Waals surface area contributed by atoms with Crippen molar-refractivity contribution in [2.24, 2.45) is 11.7 Å². The topological polar surface area (TPSA) is 46.2 Å². The molecule has 0 fully saturated rings. The highest BCUT2D eigenvalue weighted by atomic mass is 16.3. The second-order valence-electron chi connectivity index (χ2n) is 2.92. The van der Waals surface area contributed by atoms with E-state index in [1.807, 2.05) is 13.8 Å². The maximum absolute atomic E-state index is 9.35. The van der Waals surface area contributed by atoms with Crippen LogP contribution in [0.25, 0.3) is 0 Å². The number of aliphatic hydroxyl groups excluding tert-OH is 1. The van der Waals surface area contributed by atoms with Gasteiger partial charge in [0.05, 0.1) is 6.10 Å². The van der Waals surface area contributed by atoms with Gasteiger partial charge in [-0.05, 0) is 12.3 Å². The molecule has 10 heavy (non-hydrogen) atoms. The molecule has 0 aliphatic rings. The molecule has 0 rings (SSSR count). The van der Waals surface area contributed by atoms with E-state index in [-0.39, 0.29) is 12.0 Å². The first-order valence-electron chi connectivity index (χ1n) is 3.64. The molecule has 0 aromatic carbocycles. The van der Waals surface area contributed by atoms with Crippen LogP contribution in [-0.2, 0) is 0 Å². The van der Waals surface area contributed by atoms with Crippen LogP contribution in [0, 0.1) is 5.92 Å². The van der Waals surface area contributed by atoms with Crippen LogP contribution >= 0.6 is 0 Å². The zero-order chi connectivity index (χ0) is 8.15. The van der Waals surface area contributed by atoms with Crippen molar-refractivity contribution in [3.05, 3.63) is 12.7 Å². The maximum Gasteiger partial charge on any atom is 0.0716 e. The molecule has 0 spiro atoms. The highest BCUT2D eigenvalue weighted by Crippen LogP contribution is 2.06. The van der Waals surface area contributed by atoms with Gasteiger partial charge in [0, 0.05) is 6.04 Å². The third-order valence-corrected chi connectivity index (χ3v) is 1.56. The van der Waals surface area contributed by atoms with Gasteiger partial charge >= 0.3 is 0 Å². The van der Waals surface area contributed by atoms with Crippen LogP contribution in [-0.4, -0.2) is 17.3 Å². The summed E-state index contributed by atoms with van der Waals surface area (Å²) in [6.45, 7) is 7.46. The Kier molecular flexibility index (Phi) is 4.32. The maximum atomic E-state index is 9.35. The highest BCUT2D eigenvalue weighted by Gasteiger charge is 2.16. The minimum Gasteiger partial charge on any atom is -0.391 e. The van der Waals surface area contributed by atoms with E-state index in [2.05, 4.69) is 6.58 Å². The van der Waals surface area contributed by atoms with Crippen LogP contribution in [0.2, 0.25) is 0 Å². The van der Waals surface area contributed by atoms with Crippen LogP contribution in [0.3, 0.4) is 0 Å². The first kappa shape index (κ1) is 9.66. The fraction of sp³-hybridized carbons (Fsp3) is 0.750. The van der Waals surface area contributed by atoms with Gasteiger partial charge in [0.1, 0.15) is 0 Å². The van der Waals surface area contributed by atoms with Crippen molar-refractivity contribution in [2.75, 3.05) is 0 Å². The Bertz CT molecular complexity index is 101. The van der Waals surface area contributed by atoms with Gasteiger partial charge < -0.3 is 10.8 Å². The van der Waals surface area contributed by atoms with E-state index >= 15 is 0 Å². The predicted molar refractivity (Wildman–Crippen MR) is 43.6 cm³/mol. The lowest BCUT2D eigenvalue weighted by Crippen LogP contribution is -2.37. The molecule has 2 atom stereocenters. The third-order valence-electron chi connectivity index (χ3n) is 1.56. The first-order valence-corrected chi connectivity index (χ1v) is 3.64. The minimum absolute atomic E-state index is 0.155. The van der Waals surface area contributed by atoms with Crippen molar-refractivity contribution < 1.29 is 5.11 Å². The second-order valence-corrected chi connectivity index (χ2v) is 2.92. The largest absolute Gasteiger partial charge is 0.391 e. The Morgan fingerprint density at radius 1 is 1.60 bits per heavy atom. The van der Waals surface area contributed by atoms with Crippen molar-refractivity contribution in [2.45, 2.75) is 32.4 Å². The SMILES string of the molecule is C=CC[C@@H](N)[C@H](O)C(C)C. The second kappa shape index (κ2) is 4.47. The molecule has 0 saturated heterocycles. The van der Waals surface area contributed by atoms with E-state index in [1.165, 1.54) is 0 Å². The Labute approximate surface area is 62.7 Å². The molecule has 60 valence electrons. The lowest BCUT2D eigenvalue weighted by atomic mass is 9.98. The average molecular weight is 143 g/mol. The molecule has 0 aliphatic carbocycles. The number of hydrogen-bond acceptors (Lipinski definition) is 2. The van der Waals surface area contributed by atoms with Crippen molar-refractivity contribution in [3.63, 3.8) is 0 Å². The van der Waals surface area contributed by atoms with Crippen LogP contribution < -0.4 is 5.73 Å². The molecule has 0 amide bonds. The summed E-state index contributed by atoms with van der Waals surface area (Å²) in [6.07, 6.45) is 2.01. The molecule has 0 aromatic rings. The summed E-state index contributed by atoms with van der Waals surface area (Å²) < 4.78 is 0. The molecule has 3 N–H and O–H groups in total. The summed E-state index contributed by atoms with van der Waals surface area (Å²) in [6, 6.07) is -0.155. The van der Waals surface area contributed by atoms with Gasteiger partial charge in [-0.1, -0.05) is 19.9 Å². The summed E-state index contributed by atoms with van der Waals surface area (Å²) in [7, 11) is 0. The standard InChI is InChI=1S/C8H17NO/c1-4-5-7(9)8(10)6(2)3/h4,6-8,10H,1,5,9H2,2-3H3/t7-,8-/m1/s1. The van der Waals surface area contributed by atoms with Crippen LogP contribution in [0.4, 0.5) is 0 Å². The lowest BCUT2D eigenvalue weighted by molar-refractivity contribution is 0.0987. The summed E-state index contributed by atoms with van der Waals surface area (Å²) in [4.78, 5) is 0. The van der Waals surface area contributed by atoms with Gasteiger partial charge in [-0.2, -0.15) is 0 Å². The van der Waals surface area contributed by atoms with Gasteiger partial charge in [0.2, 0.25) is 0 Å². The number of nitrogens with two attached hydrogens (primary N) is 1. The third kappa shape index (κ3) is 2.99. The van der Waals surface area contributed by atoms with Crippen molar-refractivity contribution in [1.82, 2.24) is 0 Å². The van der Waals surface area contributed by atoms with Crippen molar-refractivity contribution in [3.8, 4) is 0 Å². The van der Waals surface area contributed by atoms with Crippen LogP contribution in [0.5, 0.6) is 0 Å². The summed E-state index contributed by atoms with van der Waals surface area (Å²) in [5.41, 5.74) is 5.61.